The lowest BCUT2D eigenvalue weighted by Crippen LogP contribution is -2.27. The summed E-state index contributed by atoms with van der Waals surface area (Å²) < 4.78 is 13.2. The monoisotopic (exact) mass is 221 g/mol. The van der Waals surface area contributed by atoms with Crippen LogP contribution in [-0.4, -0.2) is 24.0 Å². The standard InChI is InChI=1S/C14H20FN/c1-10(2)16-7-6-13(9-16)12-4-5-14(15)11(3)8-12/h4-5,8,10,13H,6-7,9H2,1-3H3. The van der Waals surface area contributed by atoms with Gasteiger partial charge >= 0.3 is 0 Å². The van der Waals surface area contributed by atoms with E-state index in [1.165, 1.54) is 18.5 Å². The van der Waals surface area contributed by atoms with Crippen LogP contribution in [0.2, 0.25) is 0 Å². The van der Waals surface area contributed by atoms with Crippen LogP contribution < -0.4 is 0 Å². The SMILES string of the molecule is Cc1cc(C2CCN(C(C)C)C2)ccc1F. The van der Waals surface area contributed by atoms with Crippen LogP contribution in [0.1, 0.15) is 37.3 Å². The number of likely N-dealkylation sites (tertiary alicyclic amines) is 1. The first-order valence-electron chi connectivity index (χ1n) is 6.08. The zero-order valence-electron chi connectivity index (χ0n) is 10.3. The van der Waals surface area contributed by atoms with Crippen LogP contribution in [0, 0.1) is 12.7 Å². The van der Waals surface area contributed by atoms with E-state index in [0.29, 0.717) is 12.0 Å². The molecule has 1 aliphatic heterocycles. The Morgan fingerprint density at radius 3 is 2.69 bits per heavy atom. The summed E-state index contributed by atoms with van der Waals surface area (Å²) in [5.41, 5.74) is 2.06. The fraction of sp³-hybridized carbons (Fsp3) is 0.571. The van der Waals surface area contributed by atoms with Gasteiger partial charge in [-0.05, 0) is 56.8 Å². The van der Waals surface area contributed by atoms with Gasteiger partial charge < -0.3 is 4.90 Å². The van der Waals surface area contributed by atoms with Crippen molar-refractivity contribution < 1.29 is 4.39 Å². The molecule has 88 valence electrons. The Bertz CT molecular complexity index is 373. The largest absolute Gasteiger partial charge is 0.300 e. The lowest BCUT2D eigenvalue weighted by molar-refractivity contribution is 0.272. The molecule has 0 radical (unpaired) electrons. The lowest BCUT2D eigenvalue weighted by atomic mass is 9.97. The second kappa shape index (κ2) is 4.54. The first-order valence-corrected chi connectivity index (χ1v) is 6.08. The Hall–Kier alpha value is -0.890. The average molecular weight is 221 g/mol. The molecular formula is C14H20FN. The van der Waals surface area contributed by atoms with Crippen molar-refractivity contribution in [1.82, 2.24) is 4.90 Å². The number of rotatable bonds is 2. The van der Waals surface area contributed by atoms with E-state index >= 15 is 0 Å². The van der Waals surface area contributed by atoms with Gasteiger partial charge in [-0.3, -0.25) is 0 Å². The Balaban J connectivity index is 2.11. The number of halogens is 1. The lowest BCUT2D eigenvalue weighted by Gasteiger charge is -2.20. The first-order chi connectivity index (χ1) is 7.58. The van der Waals surface area contributed by atoms with E-state index in [2.05, 4.69) is 18.7 Å². The van der Waals surface area contributed by atoms with E-state index in [4.69, 9.17) is 0 Å². The van der Waals surface area contributed by atoms with Crippen LogP contribution in [0.5, 0.6) is 0 Å². The number of hydrogen-bond acceptors (Lipinski definition) is 1. The molecule has 1 atom stereocenters. The molecule has 1 heterocycles. The molecule has 1 fully saturated rings. The number of aryl methyl sites for hydroxylation is 1. The highest BCUT2D eigenvalue weighted by Crippen LogP contribution is 2.29. The van der Waals surface area contributed by atoms with Crippen molar-refractivity contribution in [3.05, 3.63) is 35.1 Å². The molecule has 0 aromatic heterocycles. The Morgan fingerprint density at radius 1 is 1.38 bits per heavy atom. The smallest absolute Gasteiger partial charge is 0.126 e. The zero-order chi connectivity index (χ0) is 11.7. The van der Waals surface area contributed by atoms with E-state index in [-0.39, 0.29) is 5.82 Å². The minimum atomic E-state index is -0.0949. The van der Waals surface area contributed by atoms with Crippen molar-refractivity contribution in [3.63, 3.8) is 0 Å². The predicted molar refractivity (Wildman–Crippen MR) is 65.2 cm³/mol. The summed E-state index contributed by atoms with van der Waals surface area (Å²) in [5.74, 6) is 0.490. The molecule has 0 saturated carbocycles. The second-order valence-electron chi connectivity index (χ2n) is 5.08. The first kappa shape index (κ1) is 11.6. The maximum atomic E-state index is 13.2. The van der Waals surface area contributed by atoms with Crippen LogP contribution >= 0.6 is 0 Å². The topological polar surface area (TPSA) is 3.24 Å². The summed E-state index contributed by atoms with van der Waals surface area (Å²) in [7, 11) is 0. The van der Waals surface area contributed by atoms with Crippen LogP contribution in [-0.2, 0) is 0 Å². The molecule has 1 saturated heterocycles. The fourth-order valence-electron chi connectivity index (χ4n) is 2.45. The summed E-state index contributed by atoms with van der Waals surface area (Å²) in [5, 5.41) is 0. The molecule has 0 N–H and O–H groups in total. The Morgan fingerprint density at radius 2 is 2.12 bits per heavy atom. The molecule has 2 heteroatoms. The highest BCUT2D eigenvalue weighted by molar-refractivity contribution is 5.27. The molecule has 0 amide bonds. The van der Waals surface area contributed by atoms with Gasteiger partial charge in [-0.2, -0.15) is 0 Å². The third-order valence-corrected chi connectivity index (χ3v) is 3.60. The van der Waals surface area contributed by atoms with Gasteiger partial charge in [0.05, 0.1) is 0 Å². The summed E-state index contributed by atoms with van der Waals surface area (Å²) in [6, 6.07) is 6.16. The molecule has 1 aromatic carbocycles. The van der Waals surface area contributed by atoms with Crippen molar-refractivity contribution in [2.75, 3.05) is 13.1 Å². The summed E-state index contributed by atoms with van der Waals surface area (Å²) in [4.78, 5) is 2.49. The minimum Gasteiger partial charge on any atom is -0.300 e. The van der Waals surface area contributed by atoms with E-state index in [1.54, 1.807) is 6.07 Å². The number of nitrogens with zero attached hydrogens (tertiary/aromatic N) is 1. The number of hydrogen-bond donors (Lipinski definition) is 0. The van der Waals surface area contributed by atoms with Gasteiger partial charge in [0.25, 0.3) is 0 Å². The Kier molecular flexibility index (Phi) is 3.29. The number of benzene rings is 1. The molecule has 1 unspecified atom stereocenters. The summed E-state index contributed by atoms with van der Waals surface area (Å²) >= 11 is 0. The van der Waals surface area contributed by atoms with Crippen LogP contribution in [0.25, 0.3) is 0 Å². The quantitative estimate of drug-likeness (QED) is 0.740. The van der Waals surface area contributed by atoms with E-state index in [1.807, 2.05) is 19.1 Å². The van der Waals surface area contributed by atoms with Gasteiger partial charge in [-0.25, -0.2) is 4.39 Å². The van der Waals surface area contributed by atoms with Gasteiger partial charge in [-0.1, -0.05) is 12.1 Å². The molecular weight excluding hydrogens is 201 g/mol. The van der Waals surface area contributed by atoms with Gasteiger partial charge in [0.15, 0.2) is 0 Å². The van der Waals surface area contributed by atoms with Crippen molar-refractivity contribution in [2.45, 2.75) is 39.2 Å². The maximum absolute atomic E-state index is 13.2. The van der Waals surface area contributed by atoms with Crippen molar-refractivity contribution in [2.24, 2.45) is 0 Å². The van der Waals surface area contributed by atoms with Crippen molar-refractivity contribution in [3.8, 4) is 0 Å². The molecule has 1 aromatic rings. The van der Waals surface area contributed by atoms with Crippen molar-refractivity contribution in [1.29, 1.82) is 0 Å². The molecule has 1 nitrogen and oxygen atoms in total. The fourth-order valence-corrected chi connectivity index (χ4v) is 2.45. The zero-order valence-corrected chi connectivity index (χ0v) is 10.3. The third-order valence-electron chi connectivity index (χ3n) is 3.60. The Labute approximate surface area is 97.3 Å². The van der Waals surface area contributed by atoms with Gasteiger partial charge in [-0.15, -0.1) is 0 Å². The highest BCUT2D eigenvalue weighted by atomic mass is 19.1. The van der Waals surface area contributed by atoms with E-state index < -0.39 is 0 Å². The third kappa shape index (κ3) is 2.27. The predicted octanol–water partition coefficient (Wildman–Crippen LogP) is 3.33. The molecule has 16 heavy (non-hydrogen) atoms. The summed E-state index contributed by atoms with van der Waals surface area (Å²) in [6.07, 6.45) is 1.20. The van der Waals surface area contributed by atoms with Gasteiger partial charge in [0, 0.05) is 12.6 Å². The normalized spacial score (nSPS) is 21.9. The van der Waals surface area contributed by atoms with Gasteiger partial charge in [0.2, 0.25) is 0 Å². The molecule has 1 aliphatic rings. The van der Waals surface area contributed by atoms with Crippen LogP contribution in [0.3, 0.4) is 0 Å². The van der Waals surface area contributed by atoms with Crippen LogP contribution in [0.15, 0.2) is 18.2 Å². The molecule has 2 rings (SSSR count). The van der Waals surface area contributed by atoms with Gasteiger partial charge in [0.1, 0.15) is 5.82 Å². The van der Waals surface area contributed by atoms with Crippen LogP contribution in [0.4, 0.5) is 4.39 Å². The molecule has 0 spiro atoms. The minimum absolute atomic E-state index is 0.0949. The average Bonchev–Trinajstić information content (AvgIpc) is 2.71. The van der Waals surface area contributed by atoms with E-state index in [9.17, 15) is 4.39 Å². The molecule has 0 aliphatic carbocycles. The molecule has 0 bridgehead atoms. The maximum Gasteiger partial charge on any atom is 0.126 e. The summed E-state index contributed by atoms with van der Waals surface area (Å²) in [6.45, 7) is 8.59. The van der Waals surface area contributed by atoms with E-state index in [0.717, 1.165) is 12.1 Å². The van der Waals surface area contributed by atoms with Crippen molar-refractivity contribution >= 4 is 0 Å². The highest BCUT2D eigenvalue weighted by Gasteiger charge is 2.25. The second-order valence-corrected chi connectivity index (χ2v) is 5.08.